The lowest BCUT2D eigenvalue weighted by molar-refractivity contribution is 0.0264. The van der Waals surface area contributed by atoms with Crippen molar-refractivity contribution in [3.63, 3.8) is 0 Å². The Balaban J connectivity index is 1.84. The average molecular weight is 344 g/mol. The molecule has 1 aliphatic rings. The SMILES string of the molecule is CCNC(=NCCc1ccc(Cl)s1)N1CCC(OCC)CC1. The number of likely N-dealkylation sites (tertiary alicyclic amines) is 1. The van der Waals surface area contributed by atoms with Crippen molar-refractivity contribution < 1.29 is 4.74 Å². The molecule has 0 unspecified atom stereocenters. The van der Waals surface area contributed by atoms with Gasteiger partial charge in [0.25, 0.3) is 0 Å². The lowest BCUT2D eigenvalue weighted by Crippen LogP contribution is -2.47. The molecule has 124 valence electrons. The van der Waals surface area contributed by atoms with Crippen LogP contribution in [-0.2, 0) is 11.2 Å². The number of nitrogens with zero attached hydrogens (tertiary/aromatic N) is 2. The molecular weight excluding hydrogens is 318 g/mol. The summed E-state index contributed by atoms with van der Waals surface area (Å²) in [6, 6.07) is 4.04. The fourth-order valence-corrected chi connectivity index (χ4v) is 3.73. The number of aliphatic imine (C=N–C) groups is 1. The summed E-state index contributed by atoms with van der Waals surface area (Å²) in [5.41, 5.74) is 0. The summed E-state index contributed by atoms with van der Waals surface area (Å²) >= 11 is 7.60. The number of piperidine rings is 1. The van der Waals surface area contributed by atoms with Crippen LogP contribution < -0.4 is 5.32 Å². The Morgan fingerprint density at radius 3 is 2.77 bits per heavy atom. The van der Waals surface area contributed by atoms with Crippen molar-refractivity contribution in [2.24, 2.45) is 4.99 Å². The molecule has 1 fully saturated rings. The third kappa shape index (κ3) is 5.45. The summed E-state index contributed by atoms with van der Waals surface area (Å²) in [5, 5.41) is 3.40. The van der Waals surface area contributed by atoms with Crippen LogP contribution in [0.4, 0.5) is 0 Å². The van der Waals surface area contributed by atoms with Crippen LogP contribution in [0.3, 0.4) is 0 Å². The van der Waals surface area contributed by atoms with Gasteiger partial charge in [-0.2, -0.15) is 0 Å². The summed E-state index contributed by atoms with van der Waals surface area (Å²) in [7, 11) is 0. The molecule has 2 heterocycles. The van der Waals surface area contributed by atoms with E-state index in [1.54, 1.807) is 11.3 Å². The van der Waals surface area contributed by atoms with E-state index in [1.807, 2.05) is 6.07 Å². The number of rotatable bonds is 6. The van der Waals surface area contributed by atoms with Gasteiger partial charge in [-0.15, -0.1) is 11.3 Å². The predicted octanol–water partition coefficient (Wildman–Crippen LogP) is 3.41. The van der Waals surface area contributed by atoms with Crippen LogP contribution in [0.1, 0.15) is 31.6 Å². The molecule has 4 nitrogen and oxygen atoms in total. The molecule has 0 radical (unpaired) electrons. The van der Waals surface area contributed by atoms with Crippen LogP contribution in [0.2, 0.25) is 4.34 Å². The maximum absolute atomic E-state index is 5.96. The Bertz CT molecular complexity index is 470. The number of thiophene rings is 1. The van der Waals surface area contributed by atoms with Gasteiger partial charge in [0, 0.05) is 44.1 Å². The normalized spacial score (nSPS) is 17.0. The molecule has 0 bridgehead atoms. The van der Waals surface area contributed by atoms with Gasteiger partial charge in [0.15, 0.2) is 5.96 Å². The van der Waals surface area contributed by atoms with E-state index in [0.717, 1.165) is 62.3 Å². The number of hydrogen-bond donors (Lipinski definition) is 1. The van der Waals surface area contributed by atoms with E-state index in [1.165, 1.54) is 4.88 Å². The van der Waals surface area contributed by atoms with Crippen LogP contribution in [0.5, 0.6) is 0 Å². The molecular formula is C16H26ClN3OS. The summed E-state index contributed by atoms with van der Waals surface area (Å²) in [6.45, 7) is 8.71. The Labute approximate surface area is 142 Å². The number of guanidine groups is 1. The summed E-state index contributed by atoms with van der Waals surface area (Å²) in [6.07, 6.45) is 3.52. The summed E-state index contributed by atoms with van der Waals surface area (Å²) in [4.78, 5) is 8.41. The molecule has 1 N–H and O–H groups in total. The first-order valence-corrected chi connectivity index (χ1v) is 9.31. The second-order valence-corrected chi connectivity index (χ2v) is 7.13. The Hall–Kier alpha value is -0.780. The molecule has 0 saturated carbocycles. The molecule has 0 spiro atoms. The third-order valence-electron chi connectivity index (χ3n) is 3.73. The zero-order chi connectivity index (χ0) is 15.8. The highest BCUT2D eigenvalue weighted by molar-refractivity contribution is 7.16. The molecule has 0 aromatic carbocycles. The maximum atomic E-state index is 5.96. The minimum atomic E-state index is 0.414. The van der Waals surface area contributed by atoms with Gasteiger partial charge in [-0.05, 0) is 38.8 Å². The fourth-order valence-electron chi connectivity index (χ4n) is 2.65. The van der Waals surface area contributed by atoms with Crippen molar-refractivity contribution in [2.75, 3.05) is 32.8 Å². The highest BCUT2D eigenvalue weighted by Crippen LogP contribution is 2.21. The maximum Gasteiger partial charge on any atom is 0.193 e. The monoisotopic (exact) mass is 343 g/mol. The van der Waals surface area contributed by atoms with E-state index in [-0.39, 0.29) is 0 Å². The van der Waals surface area contributed by atoms with Gasteiger partial charge in [-0.3, -0.25) is 4.99 Å². The molecule has 0 aliphatic carbocycles. The van der Waals surface area contributed by atoms with Crippen LogP contribution in [0, 0.1) is 0 Å². The number of hydrogen-bond acceptors (Lipinski definition) is 3. The molecule has 1 saturated heterocycles. The highest BCUT2D eigenvalue weighted by Gasteiger charge is 2.21. The number of halogens is 1. The molecule has 1 aromatic heterocycles. The minimum absolute atomic E-state index is 0.414. The lowest BCUT2D eigenvalue weighted by Gasteiger charge is -2.34. The van der Waals surface area contributed by atoms with E-state index in [0.29, 0.717) is 6.10 Å². The van der Waals surface area contributed by atoms with Crippen molar-refractivity contribution in [3.8, 4) is 0 Å². The van der Waals surface area contributed by atoms with Gasteiger partial charge in [0.05, 0.1) is 10.4 Å². The zero-order valence-electron chi connectivity index (χ0n) is 13.5. The van der Waals surface area contributed by atoms with Gasteiger partial charge >= 0.3 is 0 Å². The minimum Gasteiger partial charge on any atom is -0.378 e. The molecule has 1 aliphatic heterocycles. The number of nitrogens with one attached hydrogen (secondary N) is 1. The van der Waals surface area contributed by atoms with Crippen LogP contribution in [0.25, 0.3) is 0 Å². The lowest BCUT2D eigenvalue weighted by atomic mass is 10.1. The average Bonchev–Trinajstić information content (AvgIpc) is 2.93. The Kier molecular flexibility index (Phi) is 7.49. The quantitative estimate of drug-likeness (QED) is 0.635. The van der Waals surface area contributed by atoms with Gasteiger partial charge in [-0.1, -0.05) is 11.6 Å². The summed E-state index contributed by atoms with van der Waals surface area (Å²) < 4.78 is 6.56. The first-order chi connectivity index (χ1) is 10.7. The Morgan fingerprint density at radius 1 is 1.41 bits per heavy atom. The van der Waals surface area contributed by atoms with Crippen LogP contribution >= 0.6 is 22.9 Å². The molecule has 1 aromatic rings. The van der Waals surface area contributed by atoms with Crippen LogP contribution in [-0.4, -0.2) is 49.7 Å². The van der Waals surface area contributed by atoms with E-state index >= 15 is 0 Å². The molecule has 0 amide bonds. The molecule has 6 heteroatoms. The largest absolute Gasteiger partial charge is 0.378 e. The zero-order valence-corrected chi connectivity index (χ0v) is 15.1. The van der Waals surface area contributed by atoms with Crippen LogP contribution in [0.15, 0.2) is 17.1 Å². The van der Waals surface area contributed by atoms with Gasteiger partial charge in [0.1, 0.15) is 0 Å². The topological polar surface area (TPSA) is 36.9 Å². The highest BCUT2D eigenvalue weighted by atomic mass is 35.5. The molecule has 0 atom stereocenters. The van der Waals surface area contributed by atoms with E-state index in [4.69, 9.17) is 21.3 Å². The van der Waals surface area contributed by atoms with Crippen molar-refractivity contribution >= 4 is 28.9 Å². The van der Waals surface area contributed by atoms with Gasteiger partial charge in [0.2, 0.25) is 0 Å². The van der Waals surface area contributed by atoms with Crippen molar-refractivity contribution in [2.45, 2.75) is 39.2 Å². The smallest absolute Gasteiger partial charge is 0.193 e. The van der Waals surface area contributed by atoms with E-state index in [9.17, 15) is 0 Å². The van der Waals surface area contributed by atoms with Gasteiger partial charge < -0.3 is 15.0 Å². The second-order valence-electron chi connectivity index (χ2n) is 5.33. The van der Waals surface area contributed by atoms with E-state index in [2.05, 4.69) is 30.1 Å². The first-order valence-electron chi connectivity index (χ1n) is 8.12. The summed E-state index contributed by atoms with van der Waals surface area (Å²) in [5.74, 6) is 1.03. The van der Waals surface area contributed by atoms with Crippen molar-refractivity contribution in [3.05, 3.63) is 21.3 Å². The fraction of sp³-hybridized carbons (Fsp3) is 0.688. The number of ether oxygens (including phenoxy) is 1. The van der Waals surface area contributed by atoms with Crippen molar-refractivity contribution in [1.29, 1.82) is 0 Å². The molecule has 22 heavy (non-hydrogen) atoms. The van der Waals surface area contributed by atoms with Crippen molar-refractivity contribution in [1.82, 2.24) is 10.2 Å². The Morgan fingerprint density at radius 2 is 2.18 bits per heavy atom. The predicted molar refractivity (Wildman–Crippen MR) is 95.2 cm³/mol. The van der Waals surface area contributed by atoms with E-state index < -0.39 is 0 Å². The standard InChI is InChI=1S/C16H26ClN3OS/c1-3-18-16(19-10-7-14-5-6-15(17)22-14)20-11-8-13(9-12-20)21-4-2/h5-6,13H,3-4,7-12H2,1-2H3,(H,18,19). The molecule has 2 rings (SSSR count). The third-order valence-corrected chi connectivity index (χ3v) is 5.02. The first kappa shape index (κ1) is 17.6. The van der Waals surface area contributed by atoms with Gasteiger partial charge in [-0.25, -0.2) is 0 Å². The second kappa shape index (κ2) is 9.38.